The zero-order valence-electron chi connectivity index (χ0n) is 16.9. The first-order valence-electron chi connectivity index (χ1n) is 9.99. The average Bonchev–Trinajstić information content (AvgIpc) is 2.98. The highest BCUT2D eigenvalue weighted by molar-refractivity contribution is 6.09. The molecule has 1 aliphatic heterocycles. The van der Waals surface area contributed by atoms with Crippen molar-refractivity contribution in [3.63, 3.8) is 0 Å². The summed E-state index contributed by atoms with van der Waals surface area (Å²) in [4.78, 5) is 39.0. The highest BCUT2D eigenvalue weighted by Gasteiger charge is 2.51. The lowest BCUT2D eigenvalue weighted by Crippen LogP contribution is -2.45. The minimum atomic E-state index is -1.11. The largest absolute Gasteiger partial charge is 0.352 e. The van der Waals surface area contributed by atoms with Crippen molar-refractivity contribution in [2.24, 2.45) is 0 Å². The lowest BCUT2D eigenvalue weighted by molar-refractivity contribution is -0.135. The molecule has 1 saturated heterocycles. The summed E-state index contributed by atoms with van der Waals surface area (Å²) in [6.45, 7) is 3.49. The Hall–Kier alpha value is -3.15. The predicted octanol–water partition coefficient (Wildman–Crippen LogP) is 2.98. The molecule has 0 radical (unpaired) electrons. The summed E-state index contributed by atoms with van der Waals surface area (Å²) in [5.41, 5.74) is 0.815. The smallest absolute Gasteiger partial charge is 0.325 e. The molecule has 0 aromatic heterocycles. The van der Waals surface area contributed by atoms with E-state index in [9.17, 15) is 14.4 Å². The number of amides is 4. The molecule has 6 heteroatoms. The van der Waals surface area contributed by atoms with Crippen LogP contribution in [0.2, 0.25) is 0 Å². The molecule has 6 nitrogen and oxygen atoms in total. The van der Waals surface area contributed by atoms with Gasteiger partial charge in [0.15, 0.2) is 0 Å². The molecular weight excluding hydrogens is 366 g/mol. The summed E-state index contributed by atoms with van der Waals surface area (Å²) in [6.07, 6.45) is 2.03. The van der Waals surface area contributed by atoms with Crippen LogP contribution in [0.25, 0.3) is 0 Å². The van der Waals surface area contributed by atoms with E-state index >= 15 is 0 Å². The van der Waals surface area contributed by atoms with Crippen LogP contribution in [-0.2, 0) is 21.5 Å². The first-order chi connectivity index (χ1) is 14.0. The second-order valence-corrected chi connectivity index (χ2v) is 7.44. The van der Waals surface area contributed by atoms with Gasteiger partial charge in [-0.25, -0.2) is 4.79 Å². The minimum absolute atomic E-state index is 0.0615. The SMILES string of the molecule is CC[C@@]1(c2ccccc2)NC(=O)N(CC(=O)N[C@H](C)CCc2ccccc2)C1=O. The number of nitrogens with one attached hydrogen (secondary N) is 2. The summed E-state index contributed by atoms with van der Waals surface area (Å²) >= 11 is 0. The van der Waals surface area contributed by atoms with Gasteiger partial charge < -0.3 is 10.6 Å². The Labute approximate surface area is 171 Å². The quantitative estimate of drug-likeness (QED) is 0.677. The Morgan fingerprint density at radius 2 is 1.69 bits per heavy atom. The molecule has 2 aromatic carbocycles. The zero-order valence-corrected chi connectivity index (χ0v) is 16.9. The van der Waals surface area contributed by atoms with Gasteiger partial charge in [0.1, 0.15) is 12.1 Å². The maximum absolute atomic E-state index is 13.1. The fraction of sp³-hybridized carbons (Fsp3) is 0.348. The Morgan fingerprint density at radius 1 is 1.07 bits per heavy atom. The number of urea groups is 1. The lowest BCUT2D eigenvalue weighted by Gasteiger charge is -2.25. The van der Waals surface area contributed by atoms with E-state index < -0.39 is 11.6 Å². The van der Waals surface area contributed by atoms with Gasteiger partial charge in [0.25, 0.3) is 5.91 Å². The normalized spacial score (nSPS) is 19.7. The minimum Gasteiger partial charge on any atom is -0.352 e. The highest BCUT2D eigenvalue weighted by Crippen LogP contribution is 2.32. The van der Waals surface area contributed by atoms with Crippen LogP contribution in [0.3, 0.4) is 0 Å². The molecule has 1 fully saturated rings. The van der Waals surface area contributed by atoms with E-state index in [2.05, 4.69) is 22.8 Å². The maximum atomic E-state index is 13.1. The molecule has 0 aliphatic carbocycles. The molecule has 4 amide bonds. The molecule has 2 N–H and O–H groups in total. The van der Waals surface area contributed by atoms with Gasteiger partial charge in [0.05, 0.1) is 0 Å². The predicted molar refractivity (Wildman–Crippen MR) is 111 cm³/mol. The molecule has 2 aromatic rings. The number of benzene rings is 2. The van der Waals surface area contributed by atoms with Crippen LogP contribution >= 0.6 is 0 Å². The summed E-state index contributed by atoms with van der Waals surface area (Å²) in [7, 11) is 0. The number of carbonyl (C=O) groups excluding carboxylic acids is 3. The van der Waals surface area contributed by atoms with E-state index in [0.717, 1.165) is 23.3 Å². The average molecular weight is 393 g/mol. The number of hydrogen-bond donors (Lipinski definition) is 2. The van der Waals surface area contributed by atoms with Crippen molar-refractivity contribution in [1.29, 1.82) is 0 Å². The molecule has 152 valence electrons. The Kier molecular flexibility index (Phi) is 6.32. The third-order valence-corrected chi connectivity index (χ3v) is 5.39. The van der Waals surface area contributed by atoms with Gasteiger partial charge >= 0.3 is 6.03 Å². The molecule has 0 saturated carbocycles. The number of aryl methyl sites for hydroxylation is 1. The van der Waals surface area contributed by atoms with Gasteiger partial charge in [-0.15, -0.1) is 0 Å². The van der Waals surface area contributed by atoms with E-state index in [0.29, 0.717) is 6.42 Å². The van der Waals surface area contributed by atoms with E-state index in [4.69, 9.17) is 0 Å². The summed E-state index contributed by atoms with van der Waals surface area (Å²) in [5.74, 6) is -0.725. The van der Waals surface area contributed by atoms with Gasteiger partial charge in [-0.3, -0.25) is 14.5 Å². The van der Waals surface area contributed by atoms with Crippen molar-refractivity contribution < 1.29 is 14.4 Å². The summed E-state index contributed by atoms with van der Waals surface area (Å²) in [5, 5.41) is 5.69. The molecule has 1 aliphatic rings. The van der Waals surface area contributed by atoms with Crippen LogP contribution < -0.4 is 10.6 Å². The topological polar surface area (TPSA) is 78.5 Å². The molecule has 29 heavy (non-hydrogen) atoms. The number of nitrogens with zero attached hydrogens (tertiary/aromatic N) is 1. The van der Waals surface area contributed by atoms with E-state index in [1.165, 1.54) is 5.56 Å². The van der Waals surface area contributed by atoms with Crippen molar-refractivity contribution >= 4 is 17.8 Å². The van der Waals surface area contributed by atoms with Crippen molar-refractivity contribution in [1.82, 2.24) is 15.5 Å². The Bertz CT molecular complexity index is 869. The molecule has 0 spiro atoms. The lowest BCUT2D eigenvalue weighted by atomic mass is 9.87. The maximum Gasteiger partial charge on any atom is 0.325 e. The van der Waals surface area contributed by atoms with Gasteiger partial charge in [-0.2, -0.15) is 0 Å². The Balaban J connectivity index is 1.60. The van der Waals surface area contributed by atoms with Crippen LogP contribution in [0.4, 0.5) is 4.79 Å². The first kappa shape index (κ1) is 20.6. The van der Waals surface area contributed by atoms with Gasteiger partial charge in [-0.1, -0.05) is 67.6 Å². The van der Waals surface area contributed by atoms with E-state index in [1.54, 1.807) is 0 Å². The molecule has 0 bridgehead atoms. The molecule has 0 unspecified atom stereocenters. The molecule has 2 atom stereocenters. The fourth-order valence-corrected chi connectivity index (χ4v) is 3.70. The van der Waals surface area contributed by atoms with Crippen LogP contribution in [0.1, 0.15) is 37.8 Å². The second kappa shape index (κ2) is 8.90. The van der Waals surface area contributed by atoms with Crippen molar-refractivity contribution in [2.45, 2.75) is 44.7 Å². The van der Waals surface area contributed by atoms with Gasteiger partial charge in [-0.05, 0) is 37.3 Å². The van der Waals surface area contributed by atoms with Crippen molar-refractivity contribution in [3.8, 4) is 0 Å². The van der Waals surface area contributed by atoms with Crippen LogP contribution in [0, 0.1) is 0 Å². The monoisotopic (exact) mass is 393 g/mol. The third-order valence-electron chi connectivity index (χ3n) is 5.39. The van der Waals surface area contributed by atoms with E-state index in [1.807, 2.05) is 62.4 Å². The number of carbonyl (C=O) groups is 3. The molecule has 1 heterocycles. The van der Waals surface area contributed by atoms with Crippen molar-refractivity contribution in [2.75, 3.05) is 6.54 Å². The highest BCUT2D eigenvalue weighted by atomic mass is 16.2. The van der Waals surface area contributed by atoms with E-state index in [-0.39, 0.29) is 24.4 Å². The van der Waals surface area contributed by atoms with Crippen LogP contribution in [0.5, 0.6) is 0 Å². The third kappa shape index (κ3) is 4.47. The van der Waals surface area contributed by atoms with Gasteiger partial charge in [0, 0.05) is 6.04 Å². The fourth-order valence-electron chi connectivity index (χ4n) is 3.70. The number of hydrogen-bond acceptors (Lipinski definition) is 3. The summed E-state index contributed by atoms with van der Waals surface area (Å²) < 4.78 is 0. The first-order valence-corrected chi connectivity index (χ1v) is 9.99. The van der Waals surface area contributed by atoms with Crippen LogP contribution in [-0.4, -0.2) is 35.3 Å². The van der Waals surface area contributed by atoms with Gasteiger partial charge in [0.2, 0.25) is 5.91 Å². The molecular formula is C23H27N3O3. The standard InChI is InChI=1S/C23H27N3O3/c1-3-23(19-12-8-5-9-13-19)21(28)26(22(29)25-23)16-20(27)24-17(2)14-15-18-10-6-4-7-11-18/h4-13,17H,3,14-16H2,1-2H3,(H,24,27)(H,25,29)/t17-,23+/m1/s1. The number of rotatable bonds is 8. The van der Waals surface area contributed by atoms with Crippen molar-refractivity contribution in [3.05, 3.63) is 71.8 Å². The Morgan fingerprint density at radius 3 is 2.31 bits per heavy atom. The summed E-state index contributed by atoms with van der Waals surface area (Å²) in [6, 6.07) is 18.6. The zero-order chi connectivity index (χ0) is 20.9. The number of imide groups is 1. The van der Waals surface area contributed by atoms with Crippen LogP contribution in [0.15, 0.2) is 60.7 Å². The molecule has 3 rings (SSSR count). The second-order valence-electron chi connectivity index (χ2n) is 7.44.